The fraction of sp³-hybridized carbons (Fsp3) is 0.524. The van der Waals surface area contributed by atoms with Crippen molar-refractivity contribution in [3.05, 3.63) is 45.2 Å². The van der Waals surface area contributed by atoms with Gasteiger partial charge in [-0.05, 0) is 69.7 Å². The molecule has 0 unspecified atom stereocenters. The maximum Gasteiger partial charge on any atom is 0.253 e. The molecule has 0 aliphatic rings. The smallest absolute Gasteiger partial charge is 0.253 e. The topological polar surface area (TPSA) is 51.4 Å². The Morgan fingerprint density at radius 3 is 2.59 bits per heavy atom. The first kappa shape index (κ1) is 21.4. The highest BCUT2D eigenvalue weighted by molar-refractivity contribution is 7.80. The minimum atomic E-state index is -0.0411. The highest BCUT2D eigenvalue weighted by Crippen LogP contribution is 2.18. The second-order valence-electron chi connectivity index (χ2n) is 7.48. The minimum absolute atomic E-state index is 0.0411. The van der Waals surface area contributed by atoms with Crippen molar-refractivity contribution >= 4 is 28.2 Å². The molecule has 0 spiro atoms. The van der Waals surface area contributed by atoms with Gasteiger partial charge >= 0.3 is 0 Å². The number of aromatic amines is 1. The summed E-state index contributed by atoms with van der Waals surface area (Å²) in [6.07, 6.45) is 2.20. The number of aromatic nitrogens is 1. The van der Waals surface area contributed by atoms with E-state index in [-0.39, 0.29) is 5.56 Å². The number of nitrogens with one attached hydrogen (secondary N) is 2. The predicted octanol–water partition coefficient (Wildman–Crippen LogP) is 3.18. The lowest BCUT2D eigenvalue weighted by molar-refractivity contribution is 0.322. The summed E-state index contributed by atoms with van der Waals surface area (Å²) in [4.78, 5) is 19.9. The van der Waals surface area contributed by atoms with E-state index in [9.17, 15) is 4.79 Å². The third kappa shape index (κ3) is 6.04. The van der Waals surface area contributed by atoms with Gasteiger partial charge in [-0.2, -0.15) is 0 Å². The Labute approximate surface area is 167 Å². The number of rotatable bonds is 8. The second kappa shape index (κ2) is 9.85. The second-order valence-corrected chi connectivity index (χ2v) is 7.87. The monoisotopic (exact) mass is 388 g/mol. The molecule has 2 rings (SSSR count). The van der Waals surface area contributed by atoms with E-state index >= 15 is 0 Å². The third-order valence-electron chi connectivity index (χ3n) is 4.64. The molecule has 0 radical (unpaired) electrons. The van der Waals surface area contributed by atoms with Crippen LogP contribution < -0.4 is 10.9 Å². The molecule has 27 heavy (non-hydrogen) atoms. The molecule has 0 bridgehead atoms. The van der Waals surface area contributed by atoms with Crippen LogP contribution in [0, 0.1) is 13.8 Å². The van der Waals surface area contributed by atoms with Gasteiger partial charge in [-0.25, -0.2) is 0 Å². The quantitative estimate of drug-likeness (QED) is 0.537. The lowest BCUT2D eigenvalue weighted by Crippen LogP contribution is -2.43. The van der Waals surface area contributed by atoms with E-state index < -0.39 is 0 Å². The Hall–Kier alpha value is -1.92. The van der Waals surface area contributed by atoms with Gasteiger partial charge in [-0.1, -0.05) is 25.0 Å². The van der Waals surface area contributed by atoms with Gasteiger partial charge in [0.25, 0.3) is 5.56 Å². The number of aryl methyl sites for hydroxylation is 2. The van der Waals surface area contributed by atoms with E-state index in [4.69, 9.17) is 12.2 Å². The predicted molar refractivity (Wildman–Crippen MR) is 119 cm³/mol. The van der Waals surface area contributed by atoms with Crippen LogP contribution in [-0.2, 0) is 6.54 Å². The first-order chi connectivity index (χ1) is 12.8. The van der Waals surface area contributed by atoms with Crippen LogP contribution in [0.15, 0.2) is 23.0 Å². The van der Waals surface area contributed by atoms with E-state index in [1.807, 2.05) is 27.1 Å². The first-order valence-electron chi connectivity index (χ1n) is 9.62. The molecule has 1 aromatic heterocycles. The number of nitrogens with zero attached hydrogens (tertiary/aromatic N) is 2. The van der Waals surface area contributed by atoms with Gasteiger partial charge in [0.2, 0.25) is 0 Å². The maximum atomic E-state index is 12.7. The molecule has 1 aromatic carbocycles. The summed E-state index contributed by atoms with van der Waals surface area (Å²) >= 11 is 5.60. The molecule has 0 fully saturated rings. The largest absolute Gasteiger partial charge is 0.363 e. The van der Waals surface area contributed by atoms with E-state index in [2.05, 4.69) is 46.1 Å². The van der Waals surface area contributed by atoms with E-state index in [1.165, 1.54) is 5.56 Å². The van der Waals surface area contributed by atoms with Crippen molar-refractivity contribution in [1.82, 2.24) is 20.1 Å². The van der Waals surface area contributed by atoms with Gasteiger partial charge in [-0.15, -0.1) is 0 Å². The van der Waals surface area contributed by atoms with Crippen LogP contribution in [0.4, 0.5) is 0 Å². The van der Waals surface area contributed by atoms with Crippen molar-refractivity contribution in [2.75, 3.05) is 33.7 Å². The van der Waals surface area contributed by atoms with Crippen LogP contribution in [0.1, 0.15) is 36.5 Å². The standard InChI is InChI=1S/C21H32N4OS/c1-6-7-8-22-21(27)25(10-9-24(4)5)14-18-13-17-12-15(2)11-16(3)19(17)23-20(18)26/h11-13H,6-10,14H2,1-5H3,(H,22,27)(H,23,26). The number of benzene rings is 1. The Balaban J connectivity index is 2.28. The lowest BCUT2D eigenvalue weighted by Gasteiger charge is -2.27. The van der Waals surface area contributed by atoms with Gasteiger partial charge in [0.15, 0.2) is 5.11 Å². The Bertz CT molecular complexity index is 844. The number of likely N-dealkylation sites (N-methyl/N-ethyl adjacent to an activating group) is 1. The summed E-state index contributed by atoms with van der Waals surface area (Å²) in [5.41, 5.74) is 3.90. The first-order valence-corrected chi connectivity index (χ1v) is 10.0. The van der Waals surface area contributed by atoms with Crippen molar-refractivity contribution in [2.45, 2.75) is 40.2 Å². The van der Waals surface area contributed by atoms with Crippen LogP contribution in [0.2, 0.25) is 0 Å². The summed E-state index contributed by atoms with van der Waals surface area (Å²) in [7, 11) is 4.08. The number of H-pyrrole nitrogens is 1. The van der Waals surface area contributed by atoms with Crippen LogP contribution in [0.25, 0.3) is 10.9 Å². The minimum Gasteiger partial charge on any atom is -0.363 e. The molecular formula is C21H32N4OS. The van der Waals surface area contributed by atoms with Gasteiger partial charge in [0.1, 0.15) is 0 Å². The van der Waals surface area contributed by atoms with Crippen LogP contribution in [-0.4, -0.2) is 53.6 Å². The lowest BCUT2D eigenvalue weighted by atomic mass is 10.1. The summed E-state index contributed by atoms with van der Waals surface area (Å²) in [6, 6.07) is 6.21. The maximum absolute atomic E-state index is 12.7. The zero-order chi connectivity index (χ0) is 20.0. The van der Waals surface area contributed by atoms with E-state index in [0.29, 0.717) is 11.7 Å². The molecule has 0 aliphatic carbocycles. The third-order valence-corrected chi connectivity index (χ3v) is 5.04. The fourth-order valence-electron chi connectivity index (χ4n) is 3.11. The summed E-state index contributed by atoms with van der Waals surface area (Å²) in [6.45, 7) is 9.28. The normalized spacial score (nSPS) is 11.2. The average Bonchev–Trinajstić information content (AvgIpc) is 2.59. The van der Waals surface area contributed by atoms with Crippen LogP contribution in [0.3, 0.4) is 0 Å². The average molecular weight is 389 g/mol. The Morgan fingerprint density at radius 1 is 1.19 bits per heavy atom. The number of pyridine rings is 1. The zero-order valence-corrected chi connectivity index (χ0v) is 18.0. The van der Waals surface area contributed by atoms with Gasteiger partial charge in [-0.3, -0.25) is 4.79 Å². The van der Waals surface area contributed by atoms with Crippen molar-refractivity contribution in [2.24, 2.45) is 0 Å². The molecule has 1 heterocycles. The zero-order valence-electron chi connectivity index (χ0n) is 17.2. The number of unbranched alkanes of at least 4 members (excludes halogenated alkanes) is 1. The van der Waals surface area contributed by atoms with Gasteiger partial charge < -0.3 is 20.1 Å². The summed E-state index contributed by atoms with van der Waals surface area (Å²) in [5.74, 6) is 0. The molecule has 0 atom stereocenters. The van der Waals surface area contributed by atoms with Crippen molar-refractivity contribution < 1.29 is 0 Å². The number of thiocarbonyl (C=S) groups is 1. The van der Waals surface area contributed by atoms with Crippen LogP contribution >= 0.6 is 12.2 Å². The number of hydrogen-bond acceptors (Lipinski definition) is 3. The molecule has 6 heteroatoms. The molecule has 0 aliphatic heterocycles. The van der Waals surface area contributed by atoms with Gasteiger partial charge in [0.05, 0.1) is 12.1 Å². The molecule has 0 saturated carbocycles. The van der Waals surface area contributed by atoms with Crippen molar-refractivity contribution in [1.29, 1.82) is 0 Å². The van der Waals surface area contributed by atoms with Gasteiger partial charge in [0, 0.05) is 25.2 Å². The molecular weight excluding hydrogens is 356 g/mol. The summed E-state index contributed by atoms with van der Waals surface area (Å²) < 4.78 is 0. The van der Waals surface area contributed by atoms with Crippen molar-refractivity contribution in [3.63, 3.8) is 0 Å². The number of hydrogen-bond donors (Lipinski definition) is 2. The van der Waals surface area contributed by atoms with Crippen molar-refractivity contribution in [3.8, 4) is 0 Å². The molecule has 2 aromatic rings. The summed E-state index contributed by atoms with van der Waals surface area (Å²) in [5, 5.41) is 5.11. The SMILES string of the molecule is CCCCNC(=S)N(CCN(C)C)Cc1cc2cc(C)cc(C)c2[nH]c1=O. The van der Waals surface area contributed by atoms with Crippen LogP contribution in [0.5, 0.6) is 0 Å². The highest BCUT2D eigenvalue weighted by Gasteiger charge is 2.14. The Morgan fingerprint density at radius 2 is 1.93 bits per heavy atom. The Kier molecular flexibility index (Phi) is 7.80. The molecule has 5 nitrogen and oxygen atoms in total. The molecule has 148 valence electrons. The van der Waals surface area contributed by atoms with E-state index in [1.54, 1.807) is 0 Å². The molecule has 0 amide bonds. The molecule has 2 N–H and O–H groups in total. The highest BCUT2D eigenvalue weighted by atomic mass is 32.1. The van der Waals surface area contributed by atoms with E-state index in [0.717, 1.165) is 54.5 Å². The molecule has 0 saturated heterocycles. The number of fused-ring (bicyclic) bond motifs is 1. The fourth-order valence-corrected chi connectivity index (χ4v) is 3.37.